The summed E-state index contributed by atoms with van der Waals surface area (Å²) in [5.74, 6) is 0.196. The van der Waals surface area contributed by atoms with Gasteiger partial charge in [-0.25, -0.2) is 0 Å². The molecule has 0 amide bonds. The summed E-state index contributed by atoms with van der Waals surface area (Å²) in [5, 5.41) is 16.4. The lowest BCUT2D eigenvalue weighted by atomic mass is 10.0. The van der Waals surface area contributed by atoms with Gasteiger partial charge in [-0.2, -0.15) is 0 Å². The molecule has 0 saturated heterocycles. The molecule has 0 bridgehead atoms. The number of benzene rings is 3. The Morgan fingerprint density at radius 1 is 1.15 bits per heavy atom. The number of nitrogens with two attached hydrogens (primary N) is 3. The van der Waals surface area contributed by atoms with Crippen LogP contribution in [-0.2, 0) is 6.42 Å². The number of hydrogen-bond acceptors (Lipinski definition) is 4. The van der Waals surface area contributed by atoms with Crippen LogP contribution in [-0.4, -0.2) is 28.0 Å². The van der Waals surface area contributed by atoms with Crippen LogP contribution < -0.4 is 27.5 Å². The van der Waals surface area contributed by atoms with E-state index in [1.807, 2.05) is 25.1 Å². The largest absolute Gasteiger partial charge is 0.506 e. The summed E-state index contributed by atoms with van der Waals surface area (Å²) in [6.45, 7) is 2.62. The van der Waals surface area contributed by atoms with Crippen LogP contribution in [0.4, 0.5) is 11.4 Å². The molecule has 0 aliphatic rings. The first-order valence-electron chi connectivity index (χ1n) is 10.3. The number of nitrogens with one attached hydrogen (secondary N) is 3. The van der Waals surface area contributed by atoms with E-state index in [-0.39, 0.29) is 22.1 Å². The van der Waals surface area contributed by atoms with Crippen LogP contribution in [0.15, 0.2) is 47.4 Å². The number of aromatic hydroxyl groups is 1. The Labute approximate surface area is 205 Å². The predicted molar refractivity (Wildman–Crippen MR) is 140 cm³/mol. The lowest BCUT2D eigenvalue weighted by Gasteiger charge is -2.17. The van der Waals surface area contributed by atoms with E-state index in [2.05, 4.69) is 27.4 Å². The van der Waals surface area contributed by atoms with Crippen LogP contribution >= 0.6 is 35.0 Å². The van der Waals surface area contributed by atoms with E-state index in [0.717, 1.165) is 38.0 Å². The summed E-state index contributed by atoms with van der Waals surface area (Å²) < 4.78 is 0. The Hall–Kier alpha value is -2.94. The number of aromatic amines is 1. The maximum absolute atomic E-state index is 9.94. The average Bonchev–Trinajstić information content (AvgIpc) is 3.10. The van der Waals surface area contributed by atoms with E-state index < -0.39 is 0 Å². The minimum Gasteiger partial charge on any atom is -0.506 e. The maximum Gasteiger partial charge on any atom is 0.338 e. The maximum atomic E-state index is 9.94. The molecule has 0 fully saturated rings. The zero-order chi connectivity index (χ0) is 23.7. The van der Waals surface area contributed by atoms with Gasteiger partial charge in [-0.15, -0.1) is 0 Å². The first-order valence-corrected chi connectivity index (χ1v) is 11.9. The highest BCUT2D eigenvalue weighted by molar-refractivity contribution is 8.00. The molecule has 0 spiro atoms. The fraction of sp³-hybridized carbons (Fsp3) is 0.174. The number of H-pyrrole nitrogens is 1. The predicted octanol–water partition coefficient (Wildman–Crippen LogP) is 3.36. The van der Waals surface area contributed by atoms with Crippen LogP contribution in [0.5, 0.6) is 5.75 Å². The van der Waals surface area contributed by atoms with Gasteiger partial charge in [0.2, 0.25) is 0 Å². The Morgan fingerprint density at radius 2 is 1.94 bits per heavy atom. The minimum atomic E-state index is -0.0434. The van der Waals surface area contributed by atoms with Crippen molar-refractivity contribution < 1.29 is 10.1 Å². The molecule has 0 aliphatic carbocycles. The summed E-state index contributed by atoms with van der Waals surface area (Å²) >= 11 is 13.7. The highest BCUT2D eigenvalue weighted by atomic mass is 35.5. The van der Waals surface area contributed by atoms with Gasteiger partial charge >= 0.3 is 5.96 Å². The summed E-state index contributed by atoms with van der Waals surface area (Å²) in [6, 6.07) is 13.1. The van der Waals surface area contributed by atoms with E-state index in [0.29, 0.717) is 23.7 Å². The van der Waals surface area contributed by atoms with Crippen LogP contribution in [0, 0.1) is 0 Å². The third kappa shape index (κ3) is 5.19. The first kappa shape index (κ1) is 23.2. The SMILES string of the molecule is CC(Nc1cc(CC[NH+]=C(N)N)c2[nH]c3ccc(Cl)cc3c2c1)Sc1cc(O)c(Cl)cc1N. The molecule has 10 N–H and O–H groups in total. The van der Waals surface area contributed by atoms with Gasteiger partial charge in [-0.05, 0) is 55.0 Å². The number of guanidine groups is 1. The quantitative estimate of drug-likeness (QED) is 0.0514. The number of anilines is 2. The molecule has 172 valence electrons. The van der Waals surface area contributed by atoms with E-state index in [4.69, 9.17) is 40.4 Å². The average molecular weight is 504 g/mol. The van der Waals surface area contributed by atoms with Crippen molar-refractivity contribution in [3.8, 4) is 5.75 Å². The molecule has 33 heavy (non-hydrogen) atoms. The van der Waals surface area contributed by atoms with Crippen LogP contribution in [0.1, 0.15) is 12.5 Å². The zero-order valence-corrected chi connectivity index (χ0v) is 20.2. The molecule has 1 unspecified atom stereocenters. The van der Waals surface area contributed by atoms with E-state index in [1.54, 1.807) is 12.1 Å². The van der Waals surface area contributed by atoms with E-state index in [9.17, 15) is 5.11 Å². The minimum absolute atomic E-state index is 0.00317. The Balaban J connectivity index is 1.69. The van der Waals surface area contributed by atoms with Gasteiger partial charge in [0.1, 0.15) is 5.75 Å². The summed E-state index contributed by atoms with van der Waals surface area (Å²) in [6.07, 6.45) is 0.712. The standard InChI is InChI=1S/C23H24Cl2N6OS/c1-11(33-21-10-20(32)17(25)9-18(21)26)30-14-6-12(4-5-29-23(27)28)22-16(8-14)15-7-13(24)2-3-19(15)31-22/h2-3,6-11,30-32H,4-5,26H2,1H3,(H4,27,28,29)/p+1. The second-order valence-corrected chi connectivity index (χ2v) is 9.98. The van der Waals surface area contributed by atoms with Gasteiger partial charge in [0.05, 0.1) is 16.9 Å². The Morgan fingerprint density at radius 3 is 2.70 bits per heavy atom. The topological polar surface area (TPSA) is 140 Å². The van der Waals surface area contributed by atoms with Crippen molar-refractivity contribution in [2.24, 2.45) is 11.5 Å². The Kier molecular flexibility index (Phi) is 6.69. The molecule has 4 rings (SSSR count). The van der Waals surface area contributed by atoms with Crippen LogP contribution in [0.3, 0.4) is 0 Å². The number of fused-ring (bicyclic) bond motifs is 3. The van der Waals surface area contributed by atoms with Gasteiger partial charge < -0.3 is 21.1 Å². The summed E-state index contributed by atoms with van der Waals surface area (Å²) in [7, 11) is 0. The molecule has 0 aliphatic heterocycles. The molecule has 1 atom stereocenters. The lowest BCUT2D eigenvalue weighted by molar-refractivity contribution is -0.458. The molecule has 0 radical (unpaired) electrons. The lowest BCUT2D eigenvalue weighted by Crippen LogP contribution is -2.78. The number of aromatic nitrogens is 1. The molecule has 4 aromatic rings. The van der Waals surface area contributed by atoms with Gasteiger partial charge in [0, 0.05) is 49.5 Å². The number of phenolic OH excluding ortho intramolecular Hbond substituents is 1. The van der Waals surface area contributed by atoms with Crippen molar-refractivity contribution in [1.82, 2.24) is 4.98 Å². The van der Waals surface area contributed by atoms with E-state index >= 15 is 0 Å². The summed E-state index contributed by atoms with van der Waals surface area (Å²) in [5.41, 5.74) is 21.8. The van der Waals surface area contributed by atoms with Crippen molar-refractivity contribution in [3.05, 3.63) is 58.1 Å². The van der Waals surface area contributed by atoms with Crippen molar-refractivity contribution in [1.29, 1.82) is 0 Å². The number of phenols is 1. The van der Waals surface area contributed by atoms with Crippen LogP contribution in [0.2, 0.25) is 10.0 Å². The first-order chi connectivity index (χ1) is 15.7. The molecule has 10 heteroatoms. The third-order valence-corrected chi connectivity index (χ3v) is 6.84. The number of halogens is 2. The second kappa shape index (κ2) is 9.51. The van der Waals surface area contributed by atoms with Gasteiger partial charge in [0.25, 0.3) is 0 Å². The molecular formula is C23H25Cl2N6OS+. The molecule has 1 aromatic heterocycles. The van der Waals surface area contributed by atoms with Crippen molar-refractivity contribution in [2.45, 2.75) is 23.6 Å². The second-order valence-electron chi connectivity index (χ2n) is 7.75. The Bertz CT molecular complexity index is 1370. The number of hydrogen-bond donors (Lipinski definition) is 7. The number of thioether (sulfide) groups is 1. The normalized spacial score (nSPS) is 12.2. The van der Waals surface area contributed by atoms with Crippen molar-refractivity contribution in [2.75, 3.05) is 17.6 Å². The molecular weight excluding hydrogens is 479 g/mol. The summed E-state index contributed by atoms with van der Waals surface area (Å²) in [4.78, 5) is 7.23. The highest BCUT2D eigenvalue weighted by Crippen LogP contribution is 2.37. The fourth-order valence-corrected chi connectivity index (χ4v) is 5.08. The molecule has 3 aromatic carbocycles. The van der Waals surface area contributed by atoms with Gasteiger partial charge in [-0.3, -0.25) is 16.5 Å². The monoisotopic (exact) mass is 503 g/mol. The zero-order valence-electron chi connectivity index (χ0n) is 17.9. The van der Waals surface area contributed by atoms with Gasteiger partial charge in [0.15, 0.2) is 0 Å². The van der Waals surface area contributed by atoms with Crippen LogP contribution in [0.25, 0.3) is 21.8 Å². The number of rotatable bonds is 7. The molecule has 1 heterocycles. The molecule has 0 saturated carbocycles. The fourth-order valence-electron chi connectivity index (χ4n) is 3.78. The number of nitrogen functional groups attached to an aromatic ring is 1. The third-order valence-electron chi connectivity index (χ3n) is 5.23. The van der Waals surface area contributed by atoms with Crippen molar-refractivity contribution in [3.63, 3.8) is 0 Å². The molecule has 7 nitrogen and oxygen atoms in total. The van der Waals surface area contributed by atoms with Crippen molar-refractivity contribution >= 4 is 74.1 Å². The van der Waals surface area contributed by atoms with E-state index in [1.165, 1.54) is 11.8 Å². The highest BCUT2D eigenvalue weighted by Gasteiger charge is 2.14. The smallest absolute Gasteiger partial charge is 0.338 e. The van der Waals surface area contributed by atoms with Gasteiger partial charge in [-0.1, -0.05) is 35.0 Å².